The Kier molecular flexibility index (Phi) is 5.99. The number of hydrogen-bond donors (Lipinski definition) is 2. The molecule has 0 bridgehead atoms. The minimum Gasteiger partial charge on any atom is -0.495 e. The Hall–Kier alpha value is -2.98. The summed E-state index contributed by atoms with van der Waals surface area (Å²) in [6.07, 6.45) is 0. The van der Waals surface area contributed by atoms with E-state index in [0.717, 1.165) is 22.5 Å². The van der Waals surface area contributed by atoms with Gasteiger partial charge < -0.3 is 15.4 Å². The number of hydrogen-bond acceptors (Lipinski definition) is 3. The van der Waals surface area contributed by atoms with Gasteiger partial charge in [0.1, 0.15) is 11.8 Å². The third-order valence-electron chi connectivity index (χ3n) is 4.20. The van der Waals surface area contributed by atoms with Crippen molar-refractivity contribution in [3.8, 4) is 16.9 Å². The fourth-order valence-corrected chi connectivity index (χ4v) is 3.03. The van der Waals surface area contributed by atoms with E-state index in [1.807, 2.05) is 60.7 Å². The third-order valence-corrected chi connectivity index (χ3v) is 4.49. The predicted molar refractivity (Wildman–Crippen MR) is 112 cm³/mol. The first-order valence-corrected chi connectivity index (χ1v) is 9.01. The molecule has 0 heterocycles. The number of benzene rings is 3. The Morgan fingerprint density at radius 2 is 1.70 bits per heavy atom. The van der Waals surface area contributed by atoms with Crippen LogP contribution in [0.25, 0.3) is 11.1 Å². The van der Waals surface area contributed by atoms with Crippen molar-refractivity contribution in [1.29, 1.82) is 0 Å². The van der Waals surface area contributed by atoms with E-state index in [2.05, 4.69) is 10.6 Å². The number of nitrogens with one attached hydrogen (secondary N) is 2. The Balaban J connectivity index is 1.73. The van der Waals surface area contributed by atoms with Gasteiger partial charge in [0.05, 0.1) is 12.1 Å². The number of anilines is 2. The average molecular weight is 381 g/mol. The van der Waals surface area contributed by atoms with Crippen LogP contribution >= 0.6 is 11.6 Å². The molecule has 1 amide bonds. The van der Waals surface area contributed by atoms with Crippen molar-refractivity contribution in [2.24, 2.45) is 0 Å². The molecule has 4 nitrogen and oxygen atoms in total. The van der Waals surface area contributed by atoms with Gasteiger partial charge in [-0.2, -0.15) is 0 Å². The topological polar surface area (TPSA) is 50.4 Å². The van der Waals surface area contributed by atoms with E-state index in [4.69, 9.17) is 16.3 Å². The molecule has 2 N–H and O–H groups in total. The lowest BCUT2D eigenvalue weighted by Crippen LogP contribution is -2.32. The van der Waals surface area contributed by atoms with Crippen LogP contribution in [-0.2, 0) is 4.79 Å². The molecule has 3 rings (SSSR count). The minimum absolute atomic E-state index is 0.134. The second-order valence-corrected chi connectivity index (χ2v) is 6.52. The van der Waals surface area contributed by atoms with Crippen molar-refractivity contribution in [2.75, 3.05) is 17.7 Å². The van der Waals surface area contributed by atoms with Crippen molar-refractivity contribution in [3.05, 3.63) is 77.8 Å². The zero-order chi connectivity index (χ0) is 19.2. The van der Waals surface area contributed by atoms with E-state index in [1.165, 1.54) is 0 Å². The molecule has 0 aliphatic heterocycles. The van der Waals surface area contributed by atoms with E-state index in [9.17, 15) is 4.79 Å². The highest BCUT2D eigenvalue weighted by atomic mass is 35.5. The first kappa shape index (κ1) is 18.8. The first-order chi connectivity index (χ1) is 13.1. The zero-order valence-electron chi connectivity index (χ0n) is 15.2. The lowest BCUT2D eigenvalue weighted by atomic mass is 10.0. The average Bonchev–Trinajstić information content (AvgIpc) is 2.69. The standard InChI is InChI=1S/C22H21ClN2O2/c1-15(24-17-12-13-21(27-2)19(23)14-17)22(26)25-20-11-7-6-10-18(20)16-8-4-3-5-9-16/h3-15,24H,1-2H3,(H,25,26)/t15-/m1/s1. The monoisotopic (exact) mass is 380 g/mol. The summed E-state index contributed by atoms with van der Waals surface area (Å²) in [5, 5.41) is 6.66. The van der Waals surface area contributed by atoms with E-state index < -0.39 is 6.04 Å². The molecule has 0 saturated heterocycles. The molecule has 0 saturated carbocycles. The maximum Gasteiger partial charge on any atom is 0.246 e. The fourth-order valence-electron chi connectivity index (χ4n) is 2.77. The number of para-hydroxylation sites is 1. The van der Waals surface area contributed by atoms with Crippen LogP contribution in [0.15, 0.2) is 72.8 Å². The molecule has 0 aliphatic rings. The maximum atomic E-state index is 12.7. The molecule has 27 heavy (non-hydrogen) atoms. The van der Waals surface area contributed by atoms with Crippen LogP contribution in [0.2, 0.25) is 5.02 Å². The zero-order valence-corrected chi connectivity index (χ0v) is 16.0. The van der Waals surface area contributed by atoms with Gasteiger partial charge in [-0.3, -0.25) is 4.79 Å². The number of ether oxygens (including phenoxy) is 1. The van der Waals surface area contributed by atoms with Gasteiger partial charge in [-0.25, -0.2) is 0 Å². The van der Waals surface area contributed by atoms with Crippen molar-refractivity contribution in [3.63, 3.8) is 0 Å². The molecule has 0 radical (unpaired) electrons. The Morgan fingerprint density at radius 3 is 2.41 bits per heavy atom. The van der Waals surface area contributed by atoms with Crippen molar-refractivity contribution >= 4 is 28.9 Å². The highest BCUT2D eigenvalue weighted by molar-refractivity contribution is 6.32. The SMILES string of the molecule is COc1ccc(N[C@H](C)C(=O)Nc2ccccc2-c2ccccc2)cc1Cl. The Bertz CT molecular complexity index is 929. The number of methoxy groups -OCH3 is 1. The van der Waals surface area contributed by atoms with Crippen LogP contribution in [0.1, 0.15) is 6.92 Å². The highest BCUT2D eigenvalue weighted by Gasteiger charge is 2.15. The first-order valence-electron chi connectivity index (χ1n) is 8.64. The summed E-state index contributed by atoms with van der Waals surface area (Å²) in [5.74, 6) is 0.460. The molecule has 0 fully saturated rings. The molecule has 1 atom stereocenters. The van der Waals surface area contributed by atoms with E-state index in [-0.39, 0.29) is 5.91 Å². The van der Waals surface area contributed by atoms with Gasteiger partial charge in [0.25, 0.3) is 0 Å². The minimum atomic E-state index is -0.446. The fraction of sp³-hybridized carbons (Fsp3) is 0.136. The summed E-state index contributed by atoms with van der Waals surface area (Å²) < 4.78 is 5.15. The maximum absolute atomic E-state index is 12.7. The van der Waals surface area contributed by atoms with Gasteiger partial charge in [0.15, 0.2) is 0 Å². The molecule has 3 aromatic rings. The van der Waals surface area contributed by atoms with Crippen LogP contribution < -0.4 is 15.4 Å². The van der Waals surface area contributed by atoms with Gasteiger partial charge >= 0.3 is 0 Å². The summed E-state index contributed by atoms with van der Waals surface area (Å²) in [6.45, 7) is 1.80. The summed E-state index contributed by atoms with van der Waals surface area (Å²) in [7, 11) is 1.56. The van der Waals surface area contributed by atoms with Crippen molar-refractivity contribution < 1.29 is 9.53 Å². The van der Waals surface area contributed by atoms with E-state index in [1.54, 1.807) is 26.2 Å². The lowest BCUT2D eigenvalue weighted by molar-refractivity contribution is -0.116. The molecule has 5 heteroatoms. The normalized spacial score (nSPS) is 11.5. The third kappa shape index (κ3) is 4.60. The van der Waals surface area contributed by atoms with E-state index in [0.29, 0.717) is 10.8 Å². The predicted octanol–water partition coefficient (Wildman–Crippen LogP) is 5.45. The van der Waals surface area contributed by atoms with Crippen LogP contribution in [-0.4, -0.2) is 19.1 Å². The molecular formula is C22H21ClN2O2. The van der Waals surface area contributed by atoms with Crippen LogP contribution in [0.5, 0.6) is 5.75 Å². The smallest absolute Gasteiger partial charge is 0.246 e. The largest absolute Gasteiger partial charge is 0.495 e. The lowest BCUT2D eigenvalue weighted by Gasteiger charge is -2.17. The van der Waals surface area contributed by atoms with E-state index >= 15 is 0 Å². The quantitative estimate of drug-likeness (QED) is 0.597. The van der Waals surface area contributed by atoms with Crippen LogP contribution in [0.3, 0.4) is 0 Å². The molecule has 0 aliphatic carbocycles. The van der Waals surface area contributed by atoms with Gasteiger partial charge in [0.2, 0.25) is 5.91 Å². The molecule has 0 spiro atoms. The number of carbonyl (C=O) groups excluding carboxylic acids is 1. The summed E-state index contributed by atoms with van der Waals surface area (Å²) in [4.78, 5) is 12.7. The number of halogens is 1. The molecule has 3 aromatic carbocycles. The van der Waals surface area contributed by atoms with Gasteiger partial charge in [0, 0.05) is 16.9 Å². The number of rotatable bonds is 6. The second-order valence-electron chi connectivity index (χ2n) is 6.12. The molecule has 0 unspecified atom stereocenters. The van der Waals surface area contributed by atoms with Crippen molar-refractivity contribution in [2.45, 2.75) is 13.0 Å². The van der Waals surface area contributed by atoms with Gasteiger partial charge in [-0.05, 0) is 36.8 Å². The number of amides is 1. The summed E-state index contributed by atoms with van der Waals surface area (Å²) in [5.41, 5.74) is 3.55. The summed E-state index contributed by atoms with van der Waals surface area (Å²) >= 11 is 6.15. The van der Waals surface area contributed by atoms with Crippen molar-refractivity contribution in [1.82, 2.24) is 0 Å². The Labute approximate surface area is 164 Å². The number of carbonyl (C=O) groups is 1. The molecular weight excluding hydrogens is 360 g/mol. The van der Waals surface area contributed by atoms with Crippen LogP contribution in [0, 0.1) is 0 Å². The van der Waals surface area contributed by atoms with Crippen LogP contribution in [0.4, 0.5) is 11.4 Å². The molecule has 0 aromatic heterocycles. The van der Waals surface area contributed by atoms with Gasteiger partial charge in [-0.15, -0.1) is 0 Å². The van der Waals surface area contributed by atoms with Gasteiger partial charge in [-0.1, -0.05) is 60.1 Å². The summed E-state index contributed by atoms with van der Waals surface area (Å²) in [6, 6.07) is 22.6. The molecule has 138 valence electrons. The Morgan fingerprint density at radius 1 is 1.00 bits per heavy atom. The highest BCUT2D eigenvalue weighted by Crippen LogP contribution is 2.29. The second kappa shape index (κ2) is 8.60.